The highest BCUT2D eigenvalue weighted by molar-refractivity contribution is 5.77. The Morgan fingerprint density at radius 2 is 1.40 bits per heavy atom. The van der Waals surface area contributed by atoms with Gasteiger partial charge in [-0.1, -0.05) is 66.7 Å². The zero-order chi connectivity index (χ0) is 24.5. The number of carbonyl (C=O) groups excluding carboxylic acids is 2. The number of aliphatic hydroxyl groups excluding tert-OH is 1. The van der Waals surface area contributed by atoms with Crippen molar-refractivity contribution in [2.45, 2.75) is 31.8 Å². The van der Waals surface area contributed by atoms with Gasteiger partial charge in [-0.2, -0.15) is 0 Å². The van der Waals surface area contributed by atoms with E-state index in [4.69, 9.17) is 18.9 Å². The van der Waals surface area contributed by atoms with Gasteiger partial charge in [0, 0.05) is 0 Å². The van der Waals surface area contributed by atoms with E-state index in [0.29, 0.717) is 24.7 Å². The molecule has 2 unspecified atom stereocenters. The fourth-order valence-corrected chi connectivity index (χ4v) is 3.60. The number of benzene rings is 3. The summed E-state index contributed by atoms with van der Waals surface area (Å²) in [7, 11) is 0. The van der Waals surface area contributed by atoms with E-state index in [2.05, 4.69) is 5.32 Å². The smallest absolute Gasteiger partial charge is 0.407 e. The first-order chi connectivity index (χ1) is 17.1. The number of carbonyl (C=O) groups is 2. The molecule has 0 saturated carbocycles. The molecule has 0 spiro atoms. The molecule has 3 aromatic carbocycles. The summed E-state index contributed by atoms with van der Waals surface area (Å²) in [5, 5.41) is 13.4. The minimum atomic E-state index is -1.61. The summed E-state index contributed by atoms with van der Waals surface area (Å²) in [5.74, 6) is 0.342. The standard InChI is InChI=1S/C27H27NO7/c29-25(26(30)34-17-19-7-3-1-4-8-19)22(28-27(31)35-18-20-9-5-2-6-10-20)15-21-11-12-23-24(16-21)33-14-13-32-23/h1-12,16,22,25,29H,13-15,17-18H2,(H,28,31). The van der Waals surface area contributed by atoms with Crippen molar-refractivity contribution in [3.63, 3.8) is 0 Å². The molecule has 0 aliphatic carbocycles. The van der Waals surface area contributed by atoms with Crippen LogP contribution in [0.5, 0.6) is 11.5 Å². The molecule has 0 aromatic heterocycles. The van der Waals surface area contributed by atoms with Gasteiger partial charge in [0.05, 0.1) is 6.04 Å². The van der Waals surface area contributed by atoms with Crippen LogP contribution in [0.3, 0.4) is 0 Å². The second-order valence-electron chi connectivity index (χ2n) is 8.03. The molecule has 8 nitrogen and oxygen atoms in total. The summed E-state index contributed by atoms with van der Waals surface area (Å²) < 4.78 is 21.7. The molecule has 35 heavy (non-hydrogen) atoms. The van der Waals surface area contributed by atoms with Gasteiger partial charge in [-0.3, -0.25) is 0 Å². The molecule has 1 heterocycles. The molecule has 0 saturated heterocycles. The average Bonchev–Trinajstić information content (AvgIpc) is 2.91. The molecule has 1 aliphatic rings. The number of ether oxygens (including phenoxy) is 4. The van der Waals surface area contributed by atoms with Crippen LogP contribution in [0.4, 0.5) is 4.79 Å². The lowest BCUT2D eigenvalue weighted by Crippen LogP contribution is -2.49. The van der Waals surface area contributed by atoms with E-state index in [1.165, 1.54) is 0 Å². The Labute approximate surface area is 203 Å². The molecule has 182 valence electrons. The number of aliphatic hydroxyl groups is 1. The quantitative estimate of drug-likeness (QED) is 0.455. The number of esters is 1. The van der Waals surface area contributed by atoms with Crippen molar-refractivity contribution >= 4 is 12.1 Å². The topological polar surface area (TPSA) is 103 Å². The number of hydrogen-bond acceptors (Lipinski definition) is 7. The highest BCUT2D eigenvalue weighted by Crippen LogP contribution is 2.31. The largest absolute Gasteiger partial charge is 0.486 e. The fraction of sp³-hybridized carbons (Fsp3) is 0.259. The van der Waals surface area contributed by atoms with Gasteiger partial charge in [0.15, 0.2) is 17.6 Å². The van der Waals surface area contributed by atoms with Crippen molar-refractivity contribution in [1.82, 2.24) is 5.32 Å². The van der Waals surface area contributed by atoms with Crippen molar-refractivity contribution in [1.29, 1.82) is 0 Å². The van der Waals surface area contributed by atoms with Gasteiger partial charge in [0.1, 0.15) is 26.4 Å². The highest BCUT2D eigenvalue weighted by Gasteiger charge is 2.30. The lowest BCUT2D eigenvalue weighted by molar-refractivity contribution is -0.156. The van der Waals surface area contributed by atoms with Crippen LogP contribution in [0.25, 0.3) is 0 Å². The predicted octanol–water partition coefficient (Wildman–Crippen LogP) is 3.40. The van der Waals surface area contributed by atoms with E-state index in [-0.39, 0.29) is 19.6 Å². The number of nitrogens with one attached hydrogen (secondary N) is 1. The molecule has 2 atom stereocenters. The van der Waals surface area contributed by atoms with Crippen LogP contribution in [-0.2, 0) is 33.9 Å². The number of amides is 1. The molecule has 8 heteroatoms. The molecular weight excluding hydrogens is 450 g/mol. The molecule has 4 rings (SSSR count). The minimum Gasteiger partial charge on any atom is -0.486 e. The molecular formula is C27H27NO7. The van der Waals surface area contributed by atoms with Crippen LogP contribution in [-0.4, -0.2) is 42.5 Å². The SMILES string of the molecule is O=C(NC(Cc1ccc2c(c1)OCCO2)C(O)C(=O)OCc1ccccc1)OCc1ccccc1. The van der Waals surface area contributed by atoms with E-state index in [0.717, 1.165) is 16.7 Å². The number of hydrogen-bond donors (Lipinski definition) is 2. The lowest BCUT2D eigenvalue weighted by atomic mass is 10.0. The van der Waals surface area contributed by atoms with Crippen LogP contribution in [0, 0.1) is 0 Å². The third-order valence-electron chi connectivity index (χ3n) is 5.42. The van der Waals surface area contributed by atoms with Gasteiger partial charge in [-0.25, -0.2) is 9.59 Å². The van der Waals surface area contributed by atoms with Gasteiger partial charge in [-0.05, 0) is 35.2 Å². The van der Waals surface area contributed by atoms with E-state index < -0.39 is 24.2 Å². The Balaban J connectivity index is 1.43. The van der Waals surface area contributed by atoms with Crippen LogP contribution in [0.2, 0.25) is 0 Å². The maximum atomic E-state index is 12.6. The zero-order valence-electron chi connectivity index (χ0n) is 19.1. The monoisotopic (exact) mass is 477 g/mol. The minimum absolute atomic E-state index is 0.00588. The molecule has 1 aliphatic heterocycles. The average molecular weight is 478 g/mol. The summed E-state index contributed by atoms with van der Waals surface area (Å²) >= 11 is 0. The molecule has 0 bridgehead atoms. The number of rotatable bonds is 9. The Kier molecular flexibility index (Phi) is 8.19. The highest BCUT2D eigenvalue weighted by atomic mass is 16.6. The Bertz CT molecular complexity index is 1120. The third-order valence-corrected chi connectivity index (χ3v) is 5.42. The second kappa shape index (κ2) is 11.9. The van der Waals surface area contributed by atoms with Gasteiger partial charge >= 0.3 is 12.1 Å². The van der Waals surface area contributed by atoms with Gasteiger partial charge in [-0.15, -0.1) is 0 Å². The third kappa shape index (κ3) is 6.97. The maximum absolute atomic E-state index is 12.6. The van der Waals surface area contributed by atoms with Crippen molar-refractivity contribution in [2.75, 3.05) is 13.2 Å². The predicted molar refractivity (Wildman–Crippen MR) is 127 cm³/mol. The van der Waals surface area contributed by atoms with Gasteiger partial charge in [0.25, 0.3) is 0 Å². The van der Waals surface area contributed by atoms with E-state index in [1.54, 1.807) is 18.2 Å². The van der Waals surface area contributed by atoms with Crippen LogP contribution < -0.4 is 14.8 Å². The summed E-state index contributed by atoms with van der Waals surface area (Å²) in [6.45, 7) is 0.956. The summed E-state index contributed by atoms with van der Waals surface area (Å²) in [6, 6.07) is 22.7. The van der Waals surface area contributed by atoms with Crippen molar-refractivity contribution in [3.8, 4) is 11.5 Å². The second-order valence-corrected chi connectivity index (χ2v) is 8.03. The Morgan fingerprint density at radius 3 is 2.06 bits per heavy atom. The molecule has 3 aromatic rings. The fourth-order valence-electron chi connectivity index (χ4n) is 3.60. The van der Waals surface area contributed by atoms with E-state index in [1.807, 2.05) is 60.7 Å². The van der Waals surface area contributed by atoms with Gasteiger partial charge < -0.3 is 29.4 Å². The summed E-state index contributed by atoms with van der Waals surface area (Å²) in [4.78, 5) is 25.1. The first kappa shape index (κ1) is 24.1. The summed E-state index contributed by atoms with van der Waals surface area (Å²) in [6.07, 6.45) is -2.24. The number of fused-ring (bicyclic) bond motifs is 1. The Hall–Kier alpha value is -4.04. The van der Waals surface area contributed by atoms with Crippen molar-refractivity contribution < 1.29 is 33.6 Å². The molecule has 0 fully saturated rings. The normalized spacial score (nSPS) is 13.9. The van der Waals surface area contributed by atoms with Gasteiger partial charge in [0.2, 0.25) is 0 Å². The first-order valence-corrected chi connectivity index (χ1v) is 11.3. The number of alkyl carbamates (subject to hydrolysis) is 1. The van der Waals surface area contributed by atoms with E-state index in [9.17, 15) is 14.7 Å². The first-order valence-electron chi connectivity index (χ1n) is 11.3. The molecule has 0 radical (unpaired) electrons. The zero-order valence-corrected chi connectivity index (χ0v) is 19.1. The van der Waals surface area contributed by atoms with Crippen molar-refractivity contribution in [2.24, 2.45) is 0 Å². The van der Waals surface area contributed by atoms with Crippen LogP contribution in [0.1, 0.15) is 16.7 Å². The maximum Gasteiger partial charge on any atom is 0.407 e. The van der Waals surface area contributed by atoms with Crippen molar-refractivity contribution in [3.05, 3.63) is 95.6 Å². The van der Waals surface area contributed by atoms with Crippen LogP contribution in [0.15, 0.2) is 78.9 Å². The molecule has 1 amide bonds. The van der Waals surface area contributed by atoms with E-state index >= 15 is 0 Å². The summed E-state index contributed by atoms with van der Waals surface area (Å²) in [5.41, 5.74) is 2.33. The molecule has 2 N–H and O–H groups in total. The lowest BCUT2D eigenvalue weighted by Gasteiger charge is -2.24. The Morgan fingerprint density at radius 1 is 0.800 bits per heavy atom. The van der Waals surface area contributed by atoms with Crippen LogP contribution >= 0.6 is 0 Å².